The number of halogens is 1. The molecule has 3 aromatic carbocycles. The first-order chi connectivity index (χ1) is 21.0. The number of nitrogens with one attached hydrogen (secondary N) is 1. The van der Waals surface area contributed by atoms with Crippen LogP contribution in [0.3, 0.4) is 0 Å². The third-order valence-corrected chi connectivity index (χ3v) is 10.8. The monoisotopic (exact) mass is 647 g/mol. The Morgan fingerprint density at radius 1 is 0.932 bits per heavy atom. The lowest BCUT2D eigenvalue weighted by molar-refractivity contribution is -0.122. The molecule has 3 amide bonds. The lowest BCUT2D eigenvalue weighted by Crippen LogP contribution is -2.33. The van der Waals surface area contributed by atoms with Gasteiger partial charge in [-0.2, -0.15) is 0 Å². The molecule has 1 saturated heterocycles. The Morgan fingerprint density at radius 2 is 1.59 bits per heavy atom. The van der Waals surface area contributed by atoms with Gasteiger partial charge in [0.1, 0.15) is 17.5 Å². The van der Waals surface area contributed by atoms with E-state index in [0.717, 1.165) is 22.5 Å². The molecule has 2 aliphatic heterocycles. The van der Waals surface area contributed by atoms with E-state index >= 15 is 0 Å². The van der Waals surface area contributed by atoms with Crippen molar-refractivity contribution in [2.24, 2.45) is 5.92 Å². The molecule has 6 rings (SSSR count). The molecule has 4 aromatic rings. The predicted molar refractivity (Wildman–Crippen MR) is 174 cm³/mol. The van der Waals surface area contributed by atoms with Crippen molar-refractivity contribution in [2.45, 2.75) is 48.9 Å². The predicted octanol–water partition coefficient (Wildman–Crippen LogP) is 6.30. The second kappa shape index (κ2) is 11.6. The van der Waals surface area contributed by atoms with Gasteiger partial charge in [-0.3, -0.25) is 23.7 Å². The number of anilines is 2. The highest BCUT2D eigenvalue weighted by Gasteiger charge is 2.56. The SMILES string of the molecule is COc1ccc(N2C(=O)C3Sc4c(sc(=O)n4CC(=O)Nc4ccc(Cl)cc4)C(c4ccc(C(C)(C)C)cc4)C3C2=O)cc1. The first-order valence-electron chi connectivity index (χ1n) is 14.0. The van der Waals surface area contributed by atoms with Crippen LogP contribution in [0.5, 0.6) is 5.75 Å². The number of carbonyl (C=O) groups excluding carboxylic acids is 3. The topological polar surface area (TPSA) is 97.7 Å². The Hall–Kier alpha value is -3.86. The van der Waals surface area contributed by atoms with Crippen LogP contribution in [0.1, 0.15) is 42.7 Å². The van der Waals surface area contributed by atoms with Gasteiger partial charge in [-0.25, -0.2) is 4.90 Å². The molecule has 2 aliphatic rings. The van der Waals surface area contributed by atoms with Crippen molar-refractivity contribution in [1.29, 1.82) is 0 Å². The molecule has 226 valence electrons. The molecule has 0 radical (unpaired) electrons. The van der Waals surface area contributed by atoms with Gasteiger partial charge in [0.2, 0.25) is 17.7 Å². The van der Waals surface area contributed by atoms with Crippen LogP contribution in [-0.4, -0.2) is 34.6 Å². The quantitative estimate of drug-likeness (QED) is 0.247. The maximum atomic E-state index is 14.1. The number of carbonyl (C=O) groups is 3. The zero-order chi connectivity index (χ0) is 31.3. The van der Waals surface area contributed by atoms with E-state index in [4.69, 9.17) is 16.3 Å². The average molecular weight is 648 g/mol. The molecule has 11 heteroatoms. The van der Waals surface area contributed by atoms with Gasteiger partial charge in [0, 0.05) is 21.5 Å². The Labute approximate surface area is 268 Å². The van der Waals surface area contributed by atoms with E-state index < -0.39 is 23.0 Å². The number of ether oxygens (including phenoxy) is 1. The molecule has 0 bridgehead atoms. The summed E-state index contributed by atoms with van der Waals surface area (Å²) in [6.45, 7) is 6.14. The van der Waals surface area contributed by atoms with Crippen LogP contribution in [-0.2, 0) is 26.3 Å². The Morgan fingerprint density at radius 3 is 2.20 bits per heavy atom. The second-order valence-corrected chi connectivity index (χ2v) is 14.4. The van der Waals surface area contributed by atoms with E-state index in [0.29, 0.717) is 32.1 Å². The van der Waals surface area contributed by atoms with Crippen molar-refractivity contribution in [2.75, 3.05) is 17.3 Å². The number of benzene rings is 3. The van der Waals surface area contributed by atoms with E-state index in [2.05, 4.69) is 26.1 Å². The number of amides is 3. The summed E-state index contributed by atoms with van der Waals surface area (Å²) in [4.78, 5) is 56.2. The number of thiazole rings is 1. The van der Waals surface area contributed by atoms with Gasteiger partial charge in [0.25, 0.3) is 0 Å². The van der Waals surface area contributed by atoms with E-state index in [-0.39, 0.29) is 28.6 Å². The third kappa shape index (κ3) is 5.46. The largest absolute Gasteiger partial charge is 0.497 e. The molecule has 3 unspecified atom stereocenters. The van der Waals surface area contributed by atoms with E-state index in [1.54, 1.807) is 55.6 Å². The molecular formula is C33H30ClN3O5S2. The highest BCUT2D eigenvalue weighted by Crippen LogP contribution is 2.54. The lowest BCUT2D eigenvalue weighted by atomic mass is 9.81. The van der Waals surface area contributed by atoms with Crippen molar-refractivity contribution < 1.29 is 19.1 Å². The Bertz CT molecular complexity index is 1810. The fraction of sp³-hybridized carbons (Fsp3) is 0.273. The van der Waals surface area contributed by atoms with Gasteiger partial charge in [0.05, 0.1) is 23.7 Å². The molecule has 8 nitrogen and oxygen atoms in total. The second-order valence-electron chi connectivity index (χ2n) is 11.8. The summed E-state index contributed by atoms with van der Waals surface area (Å²) in [5.74, 6) is -1.72. The minimum absolute atomic E-state index is 0.0788. The first-order valence-corrected chi connectivity index (χ1v) is 16.1. The third-order valence-electron chi connectivity index (χ3n) is 7.95. The molecule has 0 spiro atoms. The van der Waals surface area contributed by atoms with Gasteiger partial charge >= 0.3 is 4.87 Å². The minimum Gasteiger partial charge on any atom is -0.497 e. The van der Waals surface area contributed by atoms with Crippen LogP contribution in [0.15, 0.2) is 82.6 Å². The van der Waals surface area contributed by atoms with Gasteiger partial charge in [-0.15, -0.1) is 0 Å². The standard InChI is InChI=1S/C33H30ClN3O5S2/c1-33(2,3)19-7-5-18(6-8-19)25-26-27(30(40)37(29(26)39)22-13-15-23(42-4)16-14-22)43-31-28(25)44-32(41)36(31)17-24(38)35-21-11-9-20(34)10-12-21/h5-16,25-27H,17H2,1-4H3,(H,35,38). The lowest BCUT2D eigenvalue weighted by Gasteiger charge is -2.31. The van der Waals surface area contributed by atoms with Gasteiger partial charge in [0.15, 0.2) is 0 Å². The summed E-state index contributed by atoms with van der Waals surface area (Å²) >= 11 is 8.18. The van der Waals surface area contributed by atoms with Crippen LogP contribution < -0.4 is 19.8 Å². The van der Waals surface area contributed by atoms with Gasteiger partial charge in [-0.1, -0.05) is 79.7 Å². The highest BCUT2D eigenvalue weighted by atomic mass is 35.5. The average Bonchev–Trinajstić information content (AvgIpc) is 3.44. The van der Waals surface area contributed by atoms with Gasteiger partial charge in [-0.05, 0) is 65.1 Å². The number of methoxy groups -OCH3 is 1. The smallest absolute Gasteiger partial charge is 0.308 e. The fourth-order valence-electron chi connectivity index (χ4n) is 5.67. The van der Waals surface area contributed by atoms with Gasteiger partial charge < -0.3 is 10.1 Å². The zero-order valence-corrected chi connectivity index (χ0v) is 26.9. The van der Waals surface area contributed by atoms with Crippen molar-refractivity contribution in [3.8, 4) is 5.75 Å². The van der Waals surface area contributed by atoms with Crippen molar-refractivity contribution >= 4 is 63.8 Å². The van der Waals surface area contributed by atoms with Crippen molar-refractivity contribution in [3.63, 3.8) is 0 Å². The number of aromatic nitrogens is 1. The molecule has 1 fully saturated rings. The summed E-state index contributed by atoms with van der Waals surface area (Å²) in [7, 11) is 1.55. The zero-order valence-electron chi connectivity index (χ0n) is 24.5. The van der Waals surface area contributed by atoms with E-state index in [1.807, 2.05) is 24.3 Å². The summed E-state index contributed by atoms with van der Waals surface area (Å²) < 4.78 is 6.67. The normalized spacial score (nSPS) is 19.5. The molecule has 0 saturated carbocycles. The first kappa shape index (κ1) is 30.2. The number of thioether (sulfide) groups is 1. The number of imide groups is 1. The number of hydrogen-bond donors (Lipinski definition) is 1. The van der Waals surface area contributed by atoms with Crippen molar-refractivity contribution in [1.82, 2.24) is 4.57 Å². The van der Waals surface area contributed by atoms with Crippen LogP contribution in [0.25, 0.3) is 0 Å². The maximum Gasteiger partial charge on any atom is 0.308 e. The molecular weight excluding hydrogens is 618 g/mol. The highest BCUT2D eigenvalue weighted by molar-refractivity contribution is 8.00. The Kier molecular flexibility index (Phi) is 7.94. The van der Waals surface area contributed by atoms with E-state index in [1.165, 1.54) is 21.2 Å². The fourth-order valence-corrected chi connectivity index (χ4v) is 8.57. The minimum atomic E-state index is -0.774. The van der Waals surface area contributed by atoms with Crippen LogP contribution >= 0.6 is 34.7 Å². The molecule has 44 heavy (non-hydrogen) atoms. The number of hydrogen-bond acceptors (Lipinski definition) is 7. The number of rotatable bonds is 6. The van der Waals surface area contributed by atoms with Crippen LogP contribution in [0.2, 0.25) is 5.02 Å². The summed E-state index contributed by atoms with van der Waals surface area (Å²) in [5.41, 5.74) is 2.89. The summed E-state index contributed by atoms with van der Waals surface area (Å²) in [5, 5.41) is 3.11. The van der Waals surface area contributed by atoms with Crippen LogP contribution in [0, 0.1) is 5.92 Å². The maximum absolute atomic E-state index is 14.1. The molecule has 1 N–H and O–H groups in total. The number of nitrogens with zero attached hydrogens (tertiary/aromatic N) is 2. The summed E-state index contributed by atoms with van der Waals surface area (Å²) in [6, 6.07) is 21.5. The molecule has 3 heterocycles. The Balaban J connectivity index is 1.41. The van der Waals surface area contributed by atoms with Crippen molar-refractivity contribution in [3.05, 3.63) is 103 Å². The molecule has 0 aliphatic carbocycles. The summed E-state index contributed by atoms with van der Waals surface area (Å²) in [6.07, 6.45) is 0. The van der Waals surface area contributed by atoms with E-state index in [9.17, 15) is 19.2 Å². The van der Waals surface area contributed by atoms with Crippen LogP contribution in [0.4, 0.5) is 11.4 Å². The number of fused-ring (bicyclic) bond motifs is 2. The molecule has 3 atom stereocenters. The molecule has 1 aromatic heterocycles.